The van der Waals surface area contributed by atoms with Gasteiger partial charge < -0.3 is 15.2 Å². The Morgan fingerprint density at radius 1 is 1.17 bits per heavy atom. The van der Waals surface area contributed by atoms with Gasteiger partial charge in [0.2, 0.25) is 0 Å². The summed E-state index contributed by atoms with van der Waals surface area (Å²) >= 11 is 0. The second-order valence-electron chi connectivity index (χ2n) is 6.75. The van der Waals surface area contributed by atoms with E-state index in [1.807, 2.05) is 13.8 Å². The van der Waals surface area contributed by atoms with Crippen LogP contribution in [0.2, 0.25) is 0 Å². The molecular formula is C19H36N4O. The van der Waals surface area contributed by atoms with E-state index in [1.165, 1.54) is 37.7 Å². The van der Waals surface area contributed by atoms with Gasteiger partial charge in [0.05, 0.1) is 5.69 Å². The number of aryl methyl sites for hydroxylation is 2. The summed E-state index contributed by atoms with van der Waals surface area (Å²) in [6.45, 7) is 14.3. The monoisotopic (exact) mass is 336 g/mol. The number of guanidine groups is 1. The number of rotatable bonds is 10. The van der Waals surface area contributed by atoms with Gasteiger partial charge in [-0.2, -0.15) is 0 Å². The Kier molecular flexibility index (Phi) is 9.50. The fourth-order valence-corrected chi connectivity index (χ4v) is 3.02. The van der Waals surface area contributed by atoms with Gasteiger partial charge in [-0.15, -0.1) is 0 Å². The normalized spacial score (nSPS) is 14.5. The Morgan fingerprint density at radius 2 is 1.92 bits per heavy atom. The number of aliphatic imine (C=N–C) groups is 1. The minimum absolute atomic E-state index is 0.298. The molecule has 0 saturated heterocycles. The molecule has 0 fully saturated rings. The molecule has 5 heteroatoms. The lowest BCUT2D eigenvalue weighted by atomic mass is 10.00. The Hall–Kier alpha value is -1.52. The van der Waals surface area contributed by atoms with Crippen molar-refractivity contribution in [3.8, 4) is 0 Å². The fourth-order valence-electron chi connectivity index (χ4n) is 3.02. The Bertz CT molecular complexity index is 476. The summed E-state index contributed by atoms with van der Waals surface area (Å²) in [6, 6.07) is 0.439. The number of hydrogen-bond acceptors (Lipinski definition) is 3. The van der Waals surface area contributed by atoms with Gasteiger partial charge in [-0.1, -0.05) is 44.7 Å². The highest BCUT2D eigenvalue weighted by Crippen LogP contribution is 2.23. The second kappa shape index (κ2) is 11.1. The van der Waals surface area contributed by atoms with Crippen molar-refractivity contribution in [3.63, 3.8) is 0 Å². The van der Waals surface area contributed by atoms with Crippen molar-refractivity contribution in [1.29, 1.82) is 0 Å². The van der Waals surface area contributed by atoms with Gasteiger partial charge in [0.15, 0.2) is 5.96 Å². The van der Waals surface area contributed by atoms with E-state index >= 15 is 0 Å². The first-order valence-electron chi connectivity index (χ1n) is 9.47. The fraction of sp³-hybridized carbons (Fsp3) is 0.789. The Balaban J connectivity index is 2.55. The largest absolute Gasteiger partial charge is 0.361 e. The molecular weight excluding hydrogens is 300 g/mol. The molecule has 5 nitrogen and oxygen atoms in total. The zero-order valence-electron chi connectivity index (χ0n) is 16.4. The quantitative estimate of drug-likeness (QED) is 0.380. The average molecular weight is 337 g/mol. The van der Waals surface area contributed by atoms with Crippen LogP contribution < -0.4 is 10.6 Å². The highest BCUT2D eigenvalue weighted by atomic mass is 16.5. The van der Waals surface area contributed by atoms with Gasteiger partial charge in [0, 0.05) is 30.6 Å². The third kappa shape index (κ3) is 6.93. The molecule has 24 heavy (non-hydrogen) atoms. The molecule has 1 heterocycles. The number of nitrogens with zero attached hydrogens (tertiary/aromatic N) is 2. The highest BCUT2D eigenvalue weighted by Gasteiger charge is 2.16. The number of nitrogens with one attached hydrogen (secondary N) is 2. The van der Waals surface area contributed by atoms with Crippen LogP contribution in [0.3, 0.4) is 0 Å². The average Bonchev–Trinajstić information content (AvgIpc) is 2.88. The minimum Gasteiger partial charge on any atom is -0.361 e. The van der Waals surface area contributed by atoms with Gasteiger partial charge in [-0.25, -0.2) is 0 Å². The van der Waals surface area contributed by atoms with E-state index in [2.05, 4.69) is 43.5 Å². The summed E-state index contributed by atoms with van der Waals surface area (Å²) in [5, 5.41) is 10.9. The van der Waals surface area contributed by atoms with E-state index in [9.17, 15) is 0 Å². The van der Waals surface area contributed by atoms with Gasteiger partial charge in [-0.05, 0) is 34.1 Å². The predicted molar refractivity (Wildman–Crippen MR) is 102 cm³/mol. The Labute approximate surface area is 147 Å². The van der Waals surface area contributed by atoms with Crippen LogP contribution in [0.1, 0.15) is 82.7 Å². The van der Waals surface area contributed by atoms with E-state index in [1.54, 1.807) is 0 Å². The topological polar surface area (TPSA) is 62.5 Å². The minimum atomic E-state index is 0.298. The molecule has 0 aliphatic carbocycles. The summed E-state index contributed by atoms with van der Waals surface area (Å²) < 4.78 is 5.27. The molecule has 0 bridgehead atoms. The summed E-state index contributed by atoms with van der Waals surface area (Å²) in [4.78, 5) is 4.76. The third-order valence-electron chi connectivity index (χ3n) is 4.32. The first-order chi connectivity index (χ1) is 11.5. The van der Waals surface area contributed by atoms with Crippen LogP contribution in [0.25, 0.3) is 0 Å². The lowest BCUT2D eigenvalue weighted by molar-refractivity contribution is 0.391. The molecule has 0 saturated carbocycles. The molecule has 0 aromatic carbocycles. The van der Waals surface area contributed by atoms with Crippen molar-refractivity contribution in [2.75, 3.05) is 13.1 Å². The number of hydrogen-bond donors (Lipinski definition) is 2. The molecule has 1 aromatic heterocycles. The van der Waals surface area contributed by atoms with Crippen molar-refractivity contribution in [2.45, 2.75) is 85.6 Å². The first-order valence-corrected chi connectivity index (χ1v) is 9.47. The van der Waals surface area contributed by atoms with E-state index in [-0.39, 0.29) is 0 Å². The van der Waals surface area contributed by atoms with E-state index in [0.717, 1.165) is 30.5 Å². The molecule has 0 radical (unpaired) electrons. The summed E-state index contributed by atoms with van der Waals surface area (Å²) in [5.74, 6) is 2.10. The van der Waals surface area contributed by atoms with E-state index < -0.39 is 0 Å². The zero-order valence-corrected chi connectivity index (χ0v) is 16.4. The van der Waals surface area contributed by atoms with Crippen molar-refractivity contribution in [3.05, 3.63) is 17.0 Å². The van der Waals surface area contributed by atoms with Crippen LogP contribution in [0.5, 0.6) is 0 Å². The maximum atomic E-state index is 5.27. The molecule has 0 aliphatic heterocycles. The smallest absolute Gasteiger partial charge is 0.191 e. The standard InChI is InChI=1S/C19H36N4O/c1-7-9-10-11-12-15(4)22-19(20-8-2)21-13-14(3)18-16(5)23-24-17(18)6/h14-15H,7-13H2,1-6H3,(H2,20,21,22). The summed E-state index contributed by atoms with van der Waals surface area (Å²) in [6.07, 6.45) is 6.39. The predicted octanol–water partition coefficient (Wildman–Crippen LogP) is 4.31. The van der Waals surface area contributed by atoms with Gasteiger partial charge in [0.25, 0.3) is 0 Å². The van der Waals surface area contributed by atoms with Gasteiger partial charge >= 0.3 is 0 Å². The molecule has 0 aliphatic rings. The molecule has 1 aromatic rings. The van der Waals surface area contributed by atoms with Crippen LogP contribution in [-0.4, -0.2) is 30.2 Å². The second-order valence-corrected chi connectivity index (χ2v) is 6.75. The van der Waals surface area contributed by atoms with Crippen LogP contribution >= 0.6 is 0 Å². The molecule has 2 unspecified atom stereocenters. The molecule has 0 spiro atoms. The van der Waals surface area contributed by atoms with Crippen LogP contribution in [0, 0.1) is 13.8 Å². The highest BCUT2D eigenvalue weighted by molar-refractivity contribution is 5.80. The number of aromatic nitrogens is 1. The maximum absolute atomic E-state index is 5.27. The van der Waals surface area contributed by atoms with Crippen LogP contribution in [0.4, 0.5) is 0 Å². The zero-order chi connectivity index (χ0) is 17.9. The molecule has 2 N–H and O–H groups in total. The number of unbranched alkanes of at least 4 members (excludes halogenated alkanes) is 3. The third-order valence-corrected chi connectivity index (χ3v) is 4.32. The van der Waals surface area contributed by atoms with Crippen molar-refractivity contribution in [1.82, 2.24) is 15.8 Å². The van der Waals surface area contributed by atoms with E-state index in [4.69, 9.17) is 9.52 Å². The molecule has 0 amide bonds. The maximum Gasteiger partial charge on any atom is 0.191 e. The Morgan fingerprint density at radius 3 is 2.50 bits per heavy atom. The van der Waals surface area contributed by atoms with Crippen LogP contribution in [0.15, 0.2) is 9.52 Å². The van der Waals surface area contributed by atoms with E-state index in [0.29, 0.717) is 12.0 Å². The van der Waals surface area contributed by atoms with Gasteiger partial charge in [-0.3, -0.25) is 4.99 Å². The van der Waals surface area contributed by atoms with Crippen LogP contribution in [-0.2, 0) is 0 Å². The molecule has 138 valence electrons. The lowest BCUT2D eigenvalue weighted by Crippen LogP contribution is -2.42. The SMILES string of the molecule is CCCCCCC(C)NC(=NCC(C)c1c(C)noc1C)NCC. The van der Waals surface area contributed by atoms with Gasteiger partial charge in [0.1, 0.15) is 5.76 Å². The van der Waals surface area contributed by atoms with Crippen molar-refractivity contribution >= 4 is 5.96 Å². The molecule has 2 atom stereocenters. The summed E-state index contributed by atoms with van der Waals surface area (Å²) in [5.41, 5.74) is 2.15. The first kappa shape index (κ1) is 20.5. The molecule has 1 rings (SSSR count). The summed E-state index contributed by atoms with van der Waals surface area (Å²) in [7, 11) is 0. The van der Waals surface area contributed by atoms with Crippen molar-refractivity contribution < 1.29 is 4.52 Å². The van der Waals surface area contributed by atoms with Crippen molar-refractivity contribution in [2.24, 2.45) is 4.99 Å². The lowest BCUT2D eigenvalue weighted by Gasteiger charge is -2.18.